The Labute approximate surface area is 171 Å². The van der Waals surface area contributed by atoms with Crippen LogP contribution in [0.25, 0.3) is 5.69 Å². The lowest BCUT2D eigenvalue weighted by atomic mass is 10.2. The first-order chi connectivity index (χ1) is 14.7. The Morgan fingerprint density at radius 3 is 2.63 bits per heavy atom. The van der Waals surface area contributed by atoms with Crippen molar-refractivity contribution < 1.29 is 13.9 Å². The minimum Gasteiger partial charge on any atom is -0.457 e. The zero-order valence-corrected chi connectivity index (χ0v) is 15.7. The molecule has 1 amide bonds. The number of ether oxygens (including phenoxy) is 1. The quantitative estimate of drug-likeness (QED) is 0.488. The molecule has 0 unspecified atom stereocenters. The average Bonchev–Trinajstić information content (AvgIpc) is 3.29. The number of hydrogen-bond acceptors (Lipinski definition) is 6. The molecule has 0 radical (unpaired) electrons. The molecule has 0 saturated heterocycles. The van der Waals surface area contributed by atoms with E-state index >= 15 is 0 Å². The molecule has 2 N–H and O–H groups in total. The van der Waals surface area contributed by atoms with Gasteiger partial charge in [-0.05, 0) is 52.9 Å². The fourth-order valence-electron chi connectivity index (χ4n) is 2.71. The SMILES string of the molecule is O=C(CNc1cc(-n2cnnn2)ccc1F)Nc1cccc(Oc2ccccc2)c1. The van der Waals surface area contributed by atoms with Crippen LogP contribution >= 0.6 is 0 Å². The van der Waals surface area contributed by atoms with Gasteiger partial charge in [0.2, 0.25) is 5.91 Å². The zero-order chi connectivity index (χ0) is 20.8. The summed E-state index contributed by atoms with van der Waals surface area (Å²) in [7, 11) is 0. The summed E-state index contributed by atoms with van der Waals surface area (Å²) in [6.07, 6.45) is 1.40. The van der Waals surface area contributed by atoms with Gasteiger partial charge in [-0.3, -0.25) is 4.79 Å². The van der Waals surface area contributed by atoms with Gasteiger partial charge in [0.05, 0.1) is 17.9 Å². The van der Waals surface area contributed by atoms with Crippen LogP contribution in [-0.2, 0) is 4.79 Å². The van der Waals surface area contributed by atoms with Crippen molar-refractivity contribution in [3.63, 3.8) is 0 Å². The van der Waals surface area contributed by atoms with Gasteiger partial charge in [0.1, 0.15) is 23.6 Å². The van der Waals surface area contributed by atoms with Gasteiger partial charge in [0, 0.05) is 11.8 Å². The van der Waals surface area contributed by atoms with Gasteiger partial charge < -0.3 is 15.4 Å². The third-order valence-corrected chi connectivity index (χ3v) is 4.10. The summed E-state index contributed by atoms with van der Waals surface area (Å²) < 4.78 is 21.2. The van der Waals surface area contributed by atoms with E-state index in [0.29, 0.717) is 22.9 Å². The number of para-hydroxylation sites is 1. The Balaban J connectivity index is 1.37. The monoisotopic (exact) mass is 404 g/mol. The normalized spacial score (nSPS) is 10.4. The molecule has 0 atom stereocenters. The number of amides is 1. The van der Waals surface area contributed by atoms with E-state index in [1.165, 1.54) is 29.2 Å². The highest BCUT2D eigenvalue weighted by Crippen LogP contribution is 2.24. The van der Waals surface area contributed by atoms with Crippen molar-refractivity contribution in [2.75, 3.05) is 17.2 Å². The number of carbonyl (C=O) groups excluding carboxylic acids is 1. The number of nitrogens with one attached hydrogen (secondary N) is 2. The van der Waals surface area contributed by atoms with Crippen molar-refractivity contribution in [3.8, 4) is 17.2 Å². The molecule has 3 aromatic carbocycles. The lowest BCUT2D eigenvalue weighted by Gasteiger charge is -2.11. The summed E-state index contributed by atoms with van der Waals surface area (Å²) in [5.41, 5.74) is 1.30. The summed E-state index contributed by atoms with van der Waals surface area (Å²) in [6.45, 7) is -0.125. The molecule has 0 fully saturated rings. The van der Waals surface area contributed by atoms with Crippen molar-refractivity contribution in [3.05, 3.63) is 84.9 Å². The molecule has 0 spiro atoms. The molecule has 4 rings (SSSR count). The van der Waals surface area contributed by atoms with Crippen molar-refractivity contribution in [1.29, 1.82) is 0 Å². The van der Waals surface area contributed by atoms with Crippen LogP contribution in [0, 0.1) is 5.82 Å². The number of carbonyl (C=O) groups is 1. The van der Waals surface area contributed by atoms with Crippen molar-refractivity contribution in [1.82, 2.24) is 20.2 Å². The lowest BCUT2D eigenvalue weighted by molar-refractivity contribution is -0.114. The Morgan fingerprint density at radius 2 is 1.83 bits per heavy atom. The molecular formula is C21H17FN6O2. The summed E-state index contributed by atoms with van der Waals surface area (Å²) in [5.74, 6) is 0.463. The number of aromatic nitrogens is 4. The maximum atomic E-state index is 14.1. The Kier molecular flexibility index (Phi) is 5.61. The van der Waals surface area contributed by atoms with E-state index in [1.54, 1.807) is 24.3 Å². The highest BCUT2D eigenvalue weighted by Gasteiger charge is 2.09. The molecule has 9 heteroatoms. The van der Waals surface area contributed by atoms with Crippen LogP contribution in [-0.4, -0.2) is 32.7 Å². The third kappa shape index (κ3) is 4.76. The van der Waals surface area contributed by atoms with Gasteiger partial charge in [-0.1, -0.05) is 24.3 Å². The van der Waals surface area contributed by atoms with Gasteiger partial charge >= 0.3 is 0 Å². The first-order valence-corrected chi connectivity index (χ1v) is 9.07. The summed E-state index contributed by atoms with van der Waals surface area (Å²) >= 11 is 0. The largest absolute Gasteiger partial charge is 0.457 e. The van der Waals surface area contributed by atoms with Crippen LogP contribution in [0.5, 0.6) is 11.5 Å². The molecule has 0 aliphatic carbocycles. The fourth-order valence-corrected chi connectivity index (χ4v) is 2.71. The van der Waals surface area contributed by atoms with E-state index in [0.717, 1.165) is 0 Å². The molecule has 1 aromatic heterocycles. The van der Waals surface area contributed by atoms with E-state index in [4.69, 9.17) is 4.74 Å². The number of nitrogens with zero attached hydrogens (tertiary/aromatic N) is 4. The first-order valence-electron chi connectivity index (χ1n) is 9.07. The zero-order valence-electron chi connectivity index (χ0n) is 15.7. The fraction of sp³-hybridized carbons (Fsp3) is 0.0476. The van der Waals surface area contributed by atoms with Crippen LogP contribution in [0.1, 0.15) is 0 Å². The van der Waals surface area contributed by atoms with Crippen LogP contribution < -0.4 is 15.4 Å². The van der Waals surface area contributed by atoms with E-state index in [2.05, 4.69) is 26.2 Å². The van der Waals surface area contributed by atoms with Crippen molar-refractivity contribution >= 4 is 17.3 Å². The van der Waals surface area contributed by atoms with Crippen LogP contribution in [0.3, 0.4) is 0 Å². The van der Waals surface area contributed by atoms with E-state index in [-0.39, 0.29) is 18.1 Å². The molecule has 0 saturated carbocycles. The Hall–Kier alpha value is -4.27. The van der Waals surface area contributed by atoms with E-state index in [1.807, 2.05) is 30.3 Å². The molecule has 0 aliphatic heterocycles. The van der Waals surface area contributed by atoms with Gasteiger partial charge in [0.25, 0.3) is 0 Å². The molecule has 8 nitrogen and oxygen atoms in total. The van der Waals surface area contributed by atoms with Crippen LogP contribution in [0.2, 0.25) is 0 Å². The Morgan fingerprint density at radius 1 is 1.00 bits per heavy atom. The lowest BCUT2D eigenvalue weighted by Crippen LogP contribution is -2.22. The van der Waals surface area contributed by atoms with Gasteiger partial charge in [0.15, 0.2) is 0 Å². The highest BCUT2D eigenvalue weighted by molar-refractivity contribution is 5.94. The van der Waals surface area contributed by atoms with Crippen molar-refractivity contribution in [2.45, 2.75) is 0 Å². The number of benzene rings is 3. The molecule has 150 valence electrons. The van der Waals surface area contributed by atoms with E-state index < -0.39 is 5.82 Å². The molecule has 0 aliphatic rings. The number of tetrazole rings is 1. The second-order valence-electron chi connectivity index (χ2n) is 6.26. The molecule has 30 heavy (non-hydrogen) atoms. The topological polar surface area (TPSA) is 94.0 Å². The number of halogens is 1. The second kappa shape index (κ2) is 8.82. The molecule has 4 aromatic rings. The highest BCUT2D eigenvalue weighted by atomic mass is 19.1. The van der Waals surface area contributed by atoms with E-state index in [9.17, 15) is 9.18 Å². The number of anilines is 2. The second-order valence-corrected chi connectivity index (χ2v) is 6.26. The summed E-state index contributed by atoms with van der Waals surface area (Å²) in [5, 5.41) is 16.4. The minimum absolute atomic E-state index is 0.125. The van der Waals surface area contributed by atoms with Crippen molar-refractivity contribution in [2.24, 2.45) is 0 Å². The van der Waals surface area contributed by atoms with Gasteiger partial charge in [-0.15, -0.1) is 5.10 Å². The van der Waals surface area contributed by atoms with Gasteiger partial charge in [-0.25, -0.2) is 9.07 Å². The maximum Gasteiger partial charge on any atom is 0.243 e. The van der Waals surface area contributed by atoms with Gasteiger partial charge in [-0.2, -0.15) is 0 Å². The van der Waals surface area contributed by atoms with Crippen LogP contribution in [0.15, 0.2) is 79.1 Å². The number of hydrogen-bond donors (Lipinski definition) is 2. The Bertz CT molecular complexity index is 1140. The third-order valence-electron chi connectivity index (χ3n) is 4.10. The van der Waals surface area contributed by atoms with Crippen LogP contribution in [0.4, 0.5) is 15.8 Å². The predicted molar refractivity (Wildman–Crippen MR) is 109 cm³/mol. The smallest absolute Gasteiger partial charge is 0.243 e. The summed E-state index contributed by atoms with van der Waals surface area (Å²) in [6, 6.07) is 20.7. The molecule has 0 bridgehead atoms. The summed E-state index contributed by atoms with van der Waals surface area (Å²) in [4.78, 5) is 12.3. The molecule has 1 heterocycles. The predicted octanol–water partition coefficient (Wildman–Crippen LogP) is 3.64. The number of rotatable bonds is 7. The minimum atomic E-state index is -0.488. The molecular weight excluding hydrogens is 387 g/mol. The average molecular weight is 404 g/mol. The maximum absolute atomic E-state index is 14.1. The first kappa shape index (κ1) is 19.1. The standard InChI is InChI=1S/C21H17FN6O2/c22-19-10-9-16(28-14-24-26-27-28)12-20(19)23-13-21(29)25-15-5-4-8-18(11-15)30-17-6-2-1-3-7-17/h1-12,14,23H,13H2,(H,25,29).